The molecule has 16 heavy (non-hydrogen) atoms. The second-order valence-corrected chi connectivity index (χ2v) is 4.31. The quantitative estimate of drug-likeness (QED) is 0.497. The van der Waals surface area contributed by atoms with Gasteiger partial charge in [0.15, 0.2) is 0 Å². The van der Waals surface area contributed by atoms with Crippen LogP contribution in [0.25, 0.3) is 0 Å². The van der Waals surface area contributed by atoms with Crippen LogP contribution in [0, 0.1) is 0 Å². The van der Waals surface area contributed by atoms with E-state index in [2.05, 4.69) is 0 Å². The van der Waals surface area contributed by atoms with Crippen LogP contribution in [0.1, 0.15) is 37.2 Å². The van der Waals surface area contributed by atoms with Gasteiger partial charge in [0, 0.05) is 12.8 Å². The van der Waals surface area contributed by atoms with Crippen molar-refractivity contribution < 1.29 is 9.90 Å². The molecule has 0 bridgehead atoms. The van der Waals surface area contributed by atoms with Crippen molar-refractivity contribution in [1.82, 2.24) is 0 Å². The van der Waals surface area contributed by atoms with E-state index in [0.29, 0.717) is 30.2 Å². The number of anilines is 2. The van der Waals surface area contributed by atoms with E-state index in [9.17, 15) is 9.90 Å². The Kier molecular flexibility index (Phi) is 2.73. The lowest BCUT2D eigenvalue weighted by molar-refractivity contribution is -0.120. The highest BCUT2D eigenvalue weighted by molar-refractivity contribution is 5.80. The number of hydrogen-bond donors (Lipinski definition) is 3. The van der Waals surface area contributed by atoms with Crippen molar-refractivity contribution in [1.29, 1.82) is 0 Å². The molecule has 5 N–H and O–H groups in total. The molecule has 0 saturated heterocycles. The van der Waals surface area contributed by atoms with E-state index < -0.39 is 0 Å². The number of carbonyl (C=O) groups excluding carboxylic acids is 1. The second kappa shape index (κ2) is 4.04. The van der Waals surface area contributed by atoms with Gasteiger partial charge in [-0.3, -0.25) is 4.79 Å². The zero-order valence-electron chi connectivity index (χ0n) is 9.07. The molecule has 0 unspecified atom stereocenters. The molecule has 0 aromatic heterocycles. The molecule has 1 saturated carbocycles. The molecule has 4 heteroatoms. The lowest BCUT2D eigenvalue weighted by atomic mass is 9.82. The molecule has 1 aromatic carbocycles. The largest absolute Gasteiger partial charge is 0.506 e. The lowest BCUT2D eigenvalue weighted by Crippen LogP contribution is -2.14. The molecule has 1 aliphatic rings. The molecular formula is C12H16N2O2. The molecule has 0 spiro atoms. The summed E-state index contributed by atoms with van der Waals surface area (Å²) in [6.45, 7) is 0. The van der Waals surface area contributed by atoms with Crippen molar-refractivity contribution >= 4 is 17.2 Å². The van der Waals surface area contributed by atoms with Crippen LogP contribution in [-0.4, -0.2) is 10.9 Å². The van der Waals surface area contributed by atoms with Gasteiger partial charge >= 0.3 is 0 Å². The number of carbonyl (C=O) groups is 1. The third kappa shape index (κ3) is 1.83. The summed E-state index contributed by atoms with van der Waals surface area (Å²) in [6.07, 6.45) is 2.89. The number of hydrogen-bond acceptors (Lipinski definition) is 4. The molecule has 0 atom stereocenters. The fraction of sp³-hybridized carbons (Fsp3) is 0.417. The third-order valence-electron chi connectivity index (χ3n) is 3.28. The van der Waals surface area contributed by atoms with E-state index in [1.165, 1.54) is 0 Å². The molecule has 0 radical (unpaired) electrons. The van der Waals surface area contributed by atoms with Gasteiger partial charge in [0.05, 0.1) is 11.4 Å². The predicted octanol–water partition coefficient (Wildman–Crippen LogP) is 1.78. The number of nitrogen functional groups attached to an aromatic ring is 2. The Labute approximate surface area is 94.3 Å². The Balaban J connectivity index is 2.27. The highest BCUT2D eigenvalue weighted by atomic mass is 16.3. The number of ketones is 1. The highest BCUT2D eigenvalue weighted by Gasteiger charge is 2.22. The Morgan fingerprint density at radius 3 is 2.38 bits per heavy atom. The average molecular weight is 220 g/mol. The van der Waals surface area contributed by atoms with Crippen molar-refractivity contribution in [3.05, 3.63) is 17.7 Å². The molecular weight excluding hydrogens is 204 g/mol. The molecule has 4 nitrogen and oxygen atoms in total. The smallest absolute Gasteiger partial charge is 0.140 e. The number of aromatic hydroxyl groups is 1. The van der Waals surface area contributed by atoms with Gasteiger partial charge < -0.3 is 16.6 Å². The first-order chi connectivity index (χ1) is 7.59. The van der Waals surface area contributed by atoms with Crippen LogP contribution < -0.4 is 11.5 Å². The van der Waals surface area contributed by atoms with Gasteiger partial charge in [-0.2, -0.15) is 0 Å². The first-order valence-corrected chi connectivity index (χ1v) is 5.48. The number of phenols is 1. The van der Waals surface area contributed by atoms with E-state index in [4.69, 9.17) is 11.5 Å². The maximum Gasteiger partial charge on any atom is 0.140 e. The number of benzene rings is 1. The first-order valence-electron chi connectivity index (χ1n) is 5.48. The summed E-state index contributed by atoms with van der Waals surface area (Å²) in [6, 6.07) is 3.37. The van der Waals surface area contributed by atoms with Crippen LogP contribution >= 0.6 is 0 Å². The number of phenolic OH excluding ortho intramolecular Hbond substituents is 1. The van der Waals surface area contributed by atoms with Gasteiger partial charge in [-0.05, 0) is 30.4 Å². The van der Waals surface area contributed by atoms with E-state index in [-0.39, 0.29) is 11.4 Å². The fourth-order valence-electron chi connectivity index (χ4n) is 2.25. The Morgan fingerprint density at radius 2 is 1.75 bits per heavy atom. The topological polar surface area (TPSA) is 89.3 Å². The number of Topliss-reactive ketones (excluding diaryl/α,β-unsaturated/α-hetero) is 1. The summed E-state index contributed by atoms with van der Waals surface area (Å²) in [5.41, 5.74) is 13.2. The lowest BCUT2D eigenvalue weighted by Gasteiger charge is -2.23. The van der Waals surface area contributed by atoms with Crippen molar-refractivity contribution in [2.45, 2.75) is 31.6 Å². The molecule has 86 valence electrons. The van der Waals surface area contributed by atoms with Crippen molar-refractivity contribution in [2.24, 2.45) is 0 Å². The van der Waals surface area contributed by atoms with E-state index >= 15 is 0 Å². The molecule has 0 amide bonds. The summed E-state index contributed by atoms with van der Waals surface area (Å²) in [4.78, 5) is 11.1. The van der Waals surface area contributed by atoms with Crippen LogP contribution in [0.3, 0.4) is 0 Å². The number of rotatable bonds is 1. The minimum atomic E-state index is 0.0214. The molecule has 1 fully saturated rings. The SMILES string of the molecule is Nc1c(O)ccc(C2CCC(=O)CC2)c1N. The van der Waals surface area contributed by atoms with Crippen LogP contribution in [0.2, 0.25) is 0 Å². The van der Waals surface area contributed by atoms with Crippen LogP contribution in [0.5, 0.6) is 5.75 Å². The van der Waals surface area contributed by atoms with Gasteiger partial charge in [-0.15, -0.1) is 0 Å². The molecule has 0 aliphatic heterocycles. The van der Waals surface area contributed by atoms with Gasteiger partial charge in [-0.1, -0.05) is 6.07 Å². The van der Waals surface area contributed by atoms with Crippen LogP contribution in [-0.2, 0) is 4.79 Å². The highest BCUT2D eigenvalue weighted by Crippen LogP contribution is 2.39. The minimum Gasteiger partial charge on any atom is -0.506 e. The van der Waals surface area contributed by atoms with Gasteiger partial charge in [0.25, 0.3) is 0 Å². The summed E-state index contributed by atoms with van der Waals surface area (Å²) < 4.78 is 0. The average Bonchev–Trinajstić information content (AvgIpc) is 2.28. The Bertz CT molecular complexity index is 419. The summed E-state index contributed by atoms with van der Waals surface area (Å²) in [5, 5.41) is 9.41. The van der Waals surface area contributed by atoms with Gasteiger partial charge in [0.2, 0.25) is 0 Å². The standard InChI is InChI=1S/C12H16N2O2/c13-11-9(5-6-10(16)12(11)14)7-1-3-8(15)4-2-7/h5-7,16H,1-4,13-14H2. The molecule has 0 heterocycles. The van der Waals surface area contributed by atoms with Crippen molar-refractivity contribution in [3.63, 3.8) is 0 Å². The monoisotopic (exact) mass is 220 g/mol. The molecule has 1 aliphatic carbocycles. The van der Waals surface area contributed by atoms with Crippen molar-refractivity contribution in [3.8, 4) is 5.75 Å². The second-order valence-electron chi connectivity index (χ2n) is 4.31. The van der Waals surface area contributed by atoms with Gasteiger partial charge in [0.1, 0.15) is 11.5 Å². The molecule has 1 aromatic rings. The van der Waals surface area contributed by atoms with Crippen LogP contribution in [0.4, 0.5) is 11.4 Å². The first kappa shape index (κ1) is 10.8. The van der Waals surface area contributed by atoms with Crippen molar-refractivity contribution in [2.75, 3.05) is 11.5 Å². The summed E-state index contributed by atoms with van der Waals surface area (Å²) in [5.74, 6) is 0.635. The maximum atomic E-state index is 11.1. The fourth-order valence-corrected chi connectivity index (χ4v) is 2.25. The van der Waals surface area contributed by atoms with Crippen LogP contribution in [0.15, 0.2) is 12.1 Å². The predicted molar refractivity (Wildman–Crippen MR) is 63.1 cm³/mol. The summed E-state index contributed by atoms with van der Waals surface area (Å²) >= 11 is 0. The van der Waals surface area contributed by atoms with E-state index in [1.807, 2.05) is 6.07 Å². The third-order valence-corrected chi connectivity index (χ3v) is 3.28. The zero-order valence-corrected chi connectivity index (χ0v) is 9.07. The Morgan fingerprint density at radius 1 is 1.12 bits per heavy atom. The Hall–Kier alpha value is -1.71. The normalized spacial score (nSPS) is 17.6. The van der Waals surface area contributed by atoms with Gasteiger partial charge in [-0.25, -0.2) is 0 Å². The molecule has 2 rings (SSSR count). The van der Waals surface area contributed by atoms with E-state index in [1.54, 1.807) is 6.07 Å². The maximum absolute atomic E-state index is 11.1. The minimum absolute atomic E-state index is 0.0214. The van der Waals surface area contributed by atoms with E-state index in [0.717, 1.165) is 18.4 Å². The summed E-state index contributed by atoms with van der Waals surface area (Å²) in [7, 11) is 0. The number of nitrogens with two attached hydrogens (primary N) is 2. The zero-order chi connectivity index (χ0) is 11.7.